The lowest BCUT2D eigenvalue weighted by molar-refractivity contribution is -0.443. The molecule has 11 heteroatoms. The topological polar surface area (TPSA) is 81.4 Å². The SMILES string of the molecule is C#CCC.C=CC.CC.CC/C=C/N=C(Nc1cc(F)c(OC2=CCNC=C2)cc1F)c1c(C)ccc([N+]2=CCN(C(=O)/C=C/CN(C)C)CC2)c1OC. The minimum Gasteiger partial charge on any atom is -0.490 e. The van der Waals surface area contributed by atoms with Crippen molar-refractivity contribution in [3.63, 3.8) is 0 Å². The fourth-order valence-corrected chi connectivity index (χ4v) is 4.76. The predicted octanol–water partition coefficient (Wildman–Crippen LogP) is 8.37. The average Bonchev–Trinajstić information content (AvgIpc) is 3.17. The van der Waals surface area contributed by atoms with Crippen molar-refractivity contribution in [2.45, 2.75) is 54.4 Å². The standard InChI is InChI=1S/C34H41F2N6O3.C4H6.C3H6.C2H6/c1-6-7-14-38-34(39-28-22-27(36)30(23-26(28)35)45-25-12-15-37-16-13-25)32-24(2)10-11-29(33(32)44-5)41-18-20-42(21-19-41)31(43)9-8-17-40(3)4;1-3-4-2;1-3-2;1-2/h7-15,18,22-23,37H,6,16-17,19-21H2,1-5H3,(H,38,39);1H,4H2,2H3;3H,1H2,2H3;1-2H3/q+1;;;/b9-8+,14-7+;;;. The molecular formula is C43H59F2N6O3+. The fraction of sp³-hybridized carbons (Fsp3) is 0.372. The number of aliphatic imine (C=N–C) groups is 1. The molecule has 2 aliphatic heterocycles. The van der Waals surface area contributed by atoms with E-state index < -0.39 is 11.6 Å². The summed E-state index contributed by atoms with van der Waals surface area (Å²) in [6, 6.07) is 5.94. The molecule has 0 aromatic heterocycles. The van der Waals surface area contributed by atoms with Crippen molar-refractivity contribution < 1.29 is 27.6 Å². The number of benzene rings is 2. The number of nitrogens with one attached hydrogen (secondary N) is 2. The lowest BCUT2D eigenvalue weighted by Crippen LogP contribution is -2.41. The van der Waals surface area contributed by atoms with Crippen LogP contribution in [-0.4, -0.2) is 86.3 Å². The first kappa shape index (κ1) is 46.6. The summed E-state index contributed by atoms with van der Waals surface area (Å²) in [5.41, 5.74) is 2.07. The molecular weight excluding hydrogens is 687 g/mol. The maximum Gasteiger partial charge on any atom is 0.248 e. The summed E-state index contributed by atoms with van der Waals surface area (Å²) < 4.78 is 44.1. The maximum absolute atomic E-state index is 15.4. The number of nitrogens with zero attached hydrogens (tertiary/aromatic N) is 4. The molecule has 0 unspecified atom stereocenters. The van der Waals surface area contributed by atoms with Crippen LogP contribution >= 0.6 is 0 Å². The van der Waals surface area contributed by atoms with E-state index in [0.29, 0.717) is 49.8 Å². The van der Waals surface area contributed by atoms with E-state index in [2.05, 4.69) is 28.1 Å². The Kier molecular flexibility index (Phi) is 22.7. The third-order valence-corrected chi connectivity index (χ3v) is 7.31. The zero-order chi connectivity index (χ0) is 40.5. The zero-order valence-electron chi connectivity index (χ0n) is 33.5. The lowest BCUT2D eigenvalue weighted by Gasteiger charge is -2.23. The molecule has 9 nitrogen and oxygen atoms in total. The average molecular weight is 746 g/mol. The quantitative estimate of drug-likeness (QED) is 0.0601. The summed E-state index contributed by atoms with van der Waals surface area (Å²) in [5.74, 6) is 1.94. The van der Waals surface area contributed by atoms with Crippen molar-refractivity contribution in [3.05, 3.63) is 108 Å². The Morgan fingerprint density at radius 3 is 2.46 bits per heavy atom. The normalized spacial score (nSPS) is 13.5. The van der Waals surface area contributed by atoms with Crippen molar-refractivity contribution in [1.29, 1.82) is 0 Å². The summed E-state index contributed by atoms with van der Waals surface area (Å²) in [5, 5.41) is 5.99. The number of anilines is 1. The molecule has 2 heterocycles. The Labute approximate surface area is 322 Å². The number of amides is 1. The zero-order valence-corrected chi connectivity index (χ0v) is 33.5. The van der Waals surface area contributed by atoms with Crippen LogP contribution in [0.25, 0.3) is 0 Å². The molecule has 0 bridgehead atoms. The Hall–Kier alpha value is -5.47. The molecule has 0 atom stereocenters. The van der Waals surface area contributed by atoms with Crippen LogP contribution in [0.3, 0.4) is 0 Å². The van der Waals surface area contributed by atoms with Crippen molar-refractivity contribution >= 4 is 29.3 Å². The summed E-state index contributed by atoms with van der Waals surface area (Å²) in [4.78, 5) is 21.0. The number of likely N-dealkylation sites (N-methyl/N-ethyl adjacent to an activating group) is 1. The number of aryl methyl sites for hydroxylation is 1. The molecule has 2 aliphatic rings. The van der Waals surface area contributed by atoms with Crippen LogP contribution < -0.4 is 20.1 Å². The van der Waals surface area contributed by atoms with Gasteiger partial charge in [-0.2, -0.15) is 4.58 Å². The molecule has 0 radical (unpaired) electrons. The number of hydrogen-bond donors (Lipinski definition) is 2. The van der Waals surface area contributed by atoms with Gasteiger partial charge in [0, 0.05) is 56.2 Å². The number of terminal acetylenes is 1. The summed E-state index contributed by atoms with van der Waals surface area (Å²) in [6.07, 6.45) is 22.0. The van der Waals surface area contributed by atoms with E-state index in [4.69, 9.17) is 15.9 Å². The Morgan fingerprint density at radius 2 is 1.91 bits per heavy atom. The van der Waals surface area contributed by atoms with Gasteiger partial charge >= 0.3 is 0 Å². The van der Waals surface area contributed by atoms with Crippen LogP contribution in [0.5, 0.6) is 11.5 Å². The molecule has 0 fully saturated rings. The van der Waals surface area contributed by atoms with Gasteiger partial charge in [0.15, 0.2) is 30.1 Å². The molecule has 0 saturated heterocycles. The van der Waals surface area contributed by atoms with Crippen molar-refractivity contribution in [2.75, 3.05) is 59.2 Å². The first-order valence-corrected chi connectivity index (χ1v) is 18.2. The van der Waals surface area contributed by atoms with Gasteiger partial charge in [-0.1, -0.05) is 52.0 Å². The van der Waals surface area contributed by atoms with Crippen LogP contribution in [0, 0.1) is 30.9 Å². The fourth-order valence-electron chi connectivity index (χ4n) is 4.76. The van der Waals surface area contributed by atoms with Crippen molar-refractivity contribution in [3.8, 4) is 23.8 Å². The Bertz CT molecular complexity index is 1740. The number of halogens is 2. The second kappa shape index (κ2) is 26.3. The van der Waals surface area contributed by atoms with E-state index in [1.165, 1.54) is 0 Å². The Morgan fingerprint density at radius 1 is 1.20 bits per heavy atom. The minimum atomic E-state index is -0.730. The van der Waals surface area contributed by atoms with Gasteiger partial charge < -0.3 is 29.9 Å². The van der Waals surface area contributed by atoms with Gasteiger partial charge in [-0.3, -0.25) is 4.79 Å². The smallest absolute Gasteiger partial charge is 0.248 e. The molecule has 2 aromatic rings. The number of carbonyl (C=O) groups excluding carboxylic acids is 1. The van der Waals surface area contributed by atoms with Crippen LogP contribution in [0.2, 0.25) is 0 Å². The van der Waals surface area contributed by atoms with Crippen molar-refractivity contribution in [1.82, 2.24) is 15.1 Å². The van der Waals surface area contributed by atoms with E-state index in [1.54, 1.807) is 48.7 Å². The lowest BCUT2D eigenvalue weighted by atomic mass is 10.0. The molecule has 292 valence electrons. The number of allylic oxidation sites excluding steroid dienone is 3. The largest absolute Gasteiger partial charge is 0.490 e. The number of methoxy groups -OCH3 is 1. The number of hydrogen-bond acceptors (Lipinski definition) is 6. The molecule has 54 heavy (non-hydrogen) atoms. The molecule has 0 aliphatic carbocycles. The van der Waals surface area contributed by atoms with Gasteiger partial charge in [0.25, 0.3) is 0 Å². The van der Waals surface area contributed by atoms with Gasteiger partial charge in [-0.15, -0.1) is 18.9 Å². The minimum absolute atomic E-state index is 0.0414. The third kappa shape index (κ3) is 15.2. The van der Waals surface area contributed by atoms with E-state index in [-0.39, 0.29) is 23.2 Å². The molecule has 2 aromatic carbocycles. The number of amidine groups is 1. The highest BCUT2D eigenvalue weighted by molar-refractivity contribution is 6.12. The highest BCUT2D eigenvalue weighted by Gasteiger charge is 2.28. The van der Waals surface area contributed by atoms with E-state index in [1.807, 2.05) is 95.6 Å². The molecule has 2 N–H and O–H groups in total. The number of rotatable bonds is 11. The van der Waals surface area contributed by atoms with Gasteiger partial charge in [0.05, 0.1) is 31.5 Å². The first-order chi connectivity index (χ1) is 26.0. The van der Waals surface area contributed by atoms with Crippen LogP contribution in [-0.2, 0) is 4.79 Å². The molecule has 4 rings (SSSR count). The van der Waals surface area contributed by atoms with E-state index in [0.717, 1.165) is 36.2 Å². The van der Waals surface area contributed by atoms with E-state index >= 15 is 8.78 Å². The second-order valence-electron chi connectivity index (χ2n) is 11.7. The first-order valence-electron chi connectivity index (χ1n) is 18.2. The van der Waals surface area contributed by atoms with Gasteiger partial charge in [0.1, 0.15) is 11.6 Å². The predicted molar refractivity (Wildman–Crippen MR) is 221 cm³/mol. The van der Waals surface area contributed by atoms with Gasteiger partial charge in [0.2, 0.25) is 17.3 Å². The number of dihydropyridines is 1. The summed E-state index contributed by atoms with van der Waals surface area (Å²) >= 11 is 0. The number of carbonyl (C=O) groups is 1. The van der Waals surface area contributed by atoms with Gasteiger partial charge in [-0.25, -0.2) is 13.8 Å². The van der Waals surface area contributed by atoms with E-state index in [9.17, 15) is 4.79 Å². The van der Waals surface area contributed by atoms with Crippen molar-refractivity contribution in [2.24, 2.45) is 4.99 Å². The maximum atomic E-state index is 15.4. The summed E-state index contributed by atoms with van der Waals surface area (Å²) in [6.45, 7) is 17.8. The Balaban J connectivity index is 0.00000147. The third-order valence-electron chi connectivity index (χ3n) is 7.31. The molecule has 1 amide bonds. The second-order valence-corrected chi connectivity index (χ2v) is 11.7. The highest BCUT2D eigenvalue weighted by atomic mass is 19.1. The van der Waals surface area contributed by atoms with Crippen LogP contribution in [0.1, 0.15) is 58.6 Å². The monoisotopic (exact) mass is 745 g/mol. The van der Waals surface area contributed by atoms with Crippen LogP contribution in [0.4, 0.5) is 20.2 Å². The van der Waals surface area contributed by atoms with Crippen LogP contribution in [0.15, 0.2) is 90.5 Å². The highest BCUT2D eigenvalue weighted by Crippen LogP contribution is 2.35. The van der Waals surface area contributed by atoms with Gasteiger partial charge in [-0.05, 0) is 52.1 Å². The number of ether oxygens (including phenoxy) is 2. The summed E-state index contributed by atoms with van der Waals surface area (Å²) in [7, 11) is 5.46. The molecule has 0 spiro atoms. The molecule has 0 saturated carbocycles.